The van der Waals surface area contributed by atoms with E-state index in [2.05, 4.69) is 10.1 Å². The molecule has 1 rings (SSSR count). The van der Waals surface area contributed by atoms with Crippen LogP contribution in [0, 0.1) is 0 Å². The number of carbonyl (C=O) groups is 2. The number of amides is 2. The SMILES string of the molecule is COC(=O)NCCc1ccc(O)c(OC(=O)N(C)C)c1. The molecule has 0 saturated carbocycles. The van der Waals surface area contributed by atoms with E-state index < -0.39 is 12.2 Å². The number of aromatic hydroxyl groups is 1. The van der Waals surface area contributed by atoms with Crippen molar-refractivity contribution < 1.29 is 24.2 Å². The molecule has 7 heteroatoms. The Morgan fingerprint density at radius 2 is 2.05 bits per heavy atom. The van der Waals surface area contributed by atoms with Crippen molar-refractivity contribution in [2.75, 3.05) is 27.7 Å². The first kappa shape index (κ1) is 15.6. The second-order valence-corrected chi connectivity index (χ2v) is 4.23. The molecule has 0 saturated heterocycles. The van der Waals surface area contributed by atoms with Gasteiger partial charge in [0.2, 0.25) is 0 Å². The first-order valence-electron chi connectivity index (χ1n) is 5.97. The number of carbonyl (C=O) groups excluding carboxylic acids is 2. The molecule has 0 radical (unpaired) electrons. The summed E-state index contributed by atoms with van der Waals surface area (Å²) in [6.07, 6.45) is -0.574. The molecule has 110 valence electrons. The number of ether oxygens (including phenoxy) is 2. The summed E-state index contributed by atoms with van der Waals surface area (Å²) < 4.78 is 9.47. The van der Waals surface area contributed by atoms with E-state index in [1.54, 1.807) is 26.2 Å². The molecule has 0 aliphatic carbocycles. The minimum absolute atomic E-state index is 0.0827. The van der Waals surface area contributed by atoms with Crippen LogP contribution in [0.3, 0.4) is 0 Å². The molecule has 7 nitrogen and oxygen atoms in total. The van der Waals surface area contributed by atoms with Crippen molar-refractivity contribution in [3.8, 4) is 11.5 Å². The lowest BCUT2D eigenvalue weighted by Crippen LogP contribution is -2.26. The van der Waals surface area contributed by atoms with Gasteiger partial charge in [-0.15, -0.1) is 0 Å². The Bertz CT molecular complexity index is 488. The van der Waals surface area contributed by atoms with Crippen molar-refractivity contribution in [2.24, 2.45) is 0 Å². The third-order valence-electron chi connectivity index (χ3n) is 2.46. The topological polar surface area (TPSA) is 88.1 Å². The predicted molar refractivity (Wildman–Crippen MR) is 71.9 cm³/mol. The Morgan fingerprint density at radius 3 is 2.65 bits per heavy atom. The Balaban J connectivity index is 2.66. The van der Waals surface area contributed by atoms with Crippen molar-refractivity contribution in [3.63, 3.8) is 0 Å². The van der Waals surface area contributed by atoms with Gasteiger partial charge in [0.25, 0.3) is 0 Å². The minimum atomic E-state index is -0.579. The van der Waals surface area contributed by atoms with Gasteiger partial charge in [-0.05, 0) is 24.1 Å². The highest BCUT2D eigenvalue weighted by atomic mass is 16.6. The number of benzene rings is 1. The highest BCUT2D eigenvalue weighted by molar-refractivity contribution is 5.71. The van der Waals surface area contributed by atoms with Crippen molar-refractivity contribution in [3.05, 3.63) is 23.8 Å². The van der Waals surface area contributed by atoms with Crippen LogP contribution < -0.4 is 10.1 Å². The zero-order valence-electron chi connectivity index (χ0n) is 11.7. The molecule has 0 spiro atoms. The van der Waals surface area contributed by atoms with Crippen molar-refractivity contribution in [1.29, 1.82) is 0 Å². The van der Waals surface area contributed by atoms with E-state index in [9.17, 15) is 14.7 Å². The fourth-order valence-corrected chi connectivity index (χ4v) is 1.36. The molecule has 0 aliphatic heterocycles. The third-order valence-corrected chi connectivity index (χ3v) is 2.46. The number of phenolic OH excluding ortho intramolecular Hbond substituents is 1. The standard InChI is InChI=1S/C13H18N2O5/c1-15(2)13(18)20-11-8-9(4-5-10(11)16)6-7-14-12(17)19-3/h4-5,8,16H,6-7H2,1-3H3,(H,14,17). The van der Waals surface area contributed by atoms with Gasteiger partial charge >= 0.3 is 12.2 Å². The van der Waals surface area contributed by atoms with Crippen LogP contribution >= 0.6 is 0 Å². The zero-order valence-corrected chi connectivity index (χ0v) is 11.7. The number of phenols is 1. The number of hydrogen-bond donors (Lipinski definition) is 2. The summed E-state index contributed by atoms with van der Waals surface area (Å²) in [4.78, 5) is 23.6. The normalized spacial score (nSPS) is 9.75. The lowest BCUT2D eigenvalue weighted by atomic mass is 10.1. The monoisotopic (exact) mass is 282 g/mol. The van der Waals surface area contributed by atoms with Gasteiger partial charge in [0, 0.05) is 20.6 Å². The van der Waals surface area contributed by atoms with Gasteiger partial charge in [0.1, 0.15) is 0 Å². The predicted octanol–water partition coefficient (Wildman–Crippen LogP) is 1.35. The summed E-state index contributed by atoms with van der Waals surface area (Å²) in [5.41, 5.74) is 0.806. The molecule has 0 fully saturated rings. The molecule has 1 aromatic carbocycles. The van der Waals surface area contributed by atoms with Crippen molar-refractivity contribution in [2.45, 2.75) is 6.42 Å². The lowest BCUT2D eigenvalue weighted by molar-refractivity contribution is 0.170. The molecule has 2 amide bonds. The maximum atomic E-state index is 11.4. The number of methoxy groups -OCH3 is 1. The molecular weight excluding hydrogens is 264 g/mol. The van der Waals surface area contributed by atoms with E-state index in [4.69, 9.17) is 4.74 Å². The van der Waals surface area contributed by atoms with E-state index in [0.29, 0.717) is 13.0 Å². The molecule has 0 aliphatic rings. The molecular formula is C13H18N2O5. The van der Waals surface area contributed by atoms with Gasteiger partial charge in [0.15, 0.2) is 11.5 Å². The van der Waals surface area contributed by atoms with E-state index in [0.717, 1.165) is 5.56 Å². The van der Waals surface area contributed by atoms with E-state index in [-0.39, 0.29) is 11.5 Å². The van der Waals surface area contributed by atoms with Gasteiger partial charge in [-0.3, -0.25) is 0 Å². The fraction of sp³-hybridized carbons (Fsp3) is 0.385. The van der Waals surface area contributed by atoms with Gasteiger partial charge < -0.3 is 24.8 Å². The lowest BCUT2D eigenvalue weighted by Gasteiger charge is -2.12. The van der Waals surface area contributed by atoms with E-state index in [1.807, 2.05) is 0 Å². The maximum Gasteiger partial charge on any atom is 0.414 e. The Morgan fingerprint density at radius 1 is 1.35 bits per heavy atom. The molecule has 20 heavy (non-hydrogen) atoms. The van der Waals surface area contributed by atoms with Gasteiger partial charge in [-0.1, -0.05) is 6.07 Å². The van der Waals surface area contributed by atoms with E-state index >= 15 is 0 Å². The summed E-state index contributed by atoms with van der Waals surface area (Å²) in [5, 5.41) is 12.2. The zero-order chi connectivity index (χ0) is 15.1. The number of hydrogen-bond acceptors (Lipinski definition) is 5. The van der Waals surface area contributed by atoms with Crippen LogP contribution in [0.2, 0.25) is 0 Å². The summed E-state index contributed by atoms with van der Waals surface area (Å²) in [5.74, 6) is -0.0378. The second kappa shape index (κ2) is 7.22. The van der Waals surface area contributed by atoms with Crippen LogP contribution in [0.15, 0.2) is 18.2 Å². The molecule has 0 atom stereocenters. The van der Waals surface area contributed by atoms with Crippen LogP contribution in [-0.4, -0.2) is 49.9 Å². The molecule has 0 unspecified atom stereocenters. The number of rotatable bonds is 4. The summed E-state index contributed by atoms with van der Waals surface area (Å²) in [6.45, 7) is 0.374. The van der Waals surface area contributed by atoms with E-state index in [1.165, 1.54) is 18.1 Å². The van der Waals surface area contributed by atoms with Crippen molar-refractivity contribution >= 4 is 12.2 Å². The molecule has 0 aromatic heterocycles. The fourth-order valence-electron chi connectivity index (χ4n) is 1.36. The van der Waals surface area contributed by atoms with Gasteiger partial charge in [-0.25, -0.2) is 9.59 Å². The quantitative estimate of drug-likeness (QED) is 0.870. The van der Waals surface area contributed by atoms with Crippen LogP contribution in [0.4, 0.5) is 9.59 Å². The average molecular weight is 282 g/mol. The van der Waals surface area contributed by atoms with Crippen LogP contribution in [0.5, 0.6) is 11.5 Å². The summed E-state index contributed by atoms with van der Waals surface area (Å²) >= 11 is 0. The van der Waals surface area contributed by atoms with Crippen molar-refractivity contribution in [1.82, 2.24) is 10.2 Å². The second-order valence-electron chi connectivity index (χ2n) is 4.23. The largest absolute Gasteiger partial charge is 0.504 e. The number of alkyl carbamates (subject to hydrolysis) is 1. The first-order chi connectivity index (χ1) is 9.43. The smallest absolute Gasteiger partial charge is 0.414 e. The van der Waals surface area contributed by atoms with Crippen LogP contribution in [-0.2, 0) is 11.2 Å². The Kier molecular flexibility index (Phi) is 5.64. The van der Waals surface area contributed by atoms with Gasteiger partial charge in [0.05, 0.1) is 7.11 Å². The minimum Gasteiger partial charge on any atom is -0.504 e. The highest BCUT2D eigenvalue weighted by Crippen LogP contribution is 2.27. The molecule has 1 aromatic rings. The average Bonchev–Trinajstić information content (AvgIpc) is 2.41. The van der Waals surface area contributed by atoms with Crippen LogP contribution in [0.25, 0.3) is 0 Å². The molecule has 2 N–H and O–H groups in total. The molecule has 0 bridgehead atoms. The number of nitrogens with one attached hydrogen (secondary N) is 1. The maximum absolute atomic E-state index is 11.4. The third kappa shape index (κ3) is 4.68. The Labute approximate surface area is 117 Å². The van der Waals surface area contributed by atoms with Gasteiger partial charge in [-0.2, -0.15) is 0 Å². The summed E-state index contributed by atoms with van der Waals surface area (Å²) in [7, 11) is 4.38. The van der Waals surface area contributed by atoms with Crippen LogP contribution in [0.1, 0.15) is 5.56 Å². The summed E-state index contributed by atoms with van der Waals surface area (Å²) in [6, 6.07) is 4.67. The Hall–Kier alpha value is -2.44. The highest BCUT2D eigenvalue weighted by Gasteiger charge is 2.11. The number of nitrogens with zero attached hydrogens (tertiary/aromatic N) is 1. The first-order valence-corrected chi connectivity index (χ1v) is 5.97. The molecule has 0 heterocycles.